The van der Waals surface area contributed by atoms with Crippen molar-refractivity contribution in [1.82, 2.24) is 5.32 Å². The SMILES string of the molecule is NC(N)=NCCC[C@@H](CO)NCCc1ccccc1O. The molecule has 0 aromatic heterocycles. The van der Waals surface area contributed by atoms with Crippen LogP contribution in [0.2, 0.25) is 0 Å². The van der Waals surface area contributed by atoms with Gasteiger partial charge in [-0.3, -0.25) is 4.99 Å². The van der Waals surface area contributed by atoms with Gasteiger partial charge in [-0.1, -0.05) is 18.2 Å². The minimum atomic E-state index is 0.0232. The number of nitrogens with zero attached hydrogens (tertiary/aromatic N) is 1. The Balaban J connectivity index is 2.24. The third kappa shape index (κ3) is 6.40. The van der Waals surface area contributed by atoms with E-state index in [2.05, 4.69) is 10.3 Å². The van der Waals surface area contributed by atoms with Gasteiger partial charge in [0.1, 0.15) is 5.75 Å². The number of para-hydroxylation sites is 1. The fraction of sp³-hybridized carbons (Fsp3) is 0.500. The molecule has 0 fully saturated rings. The number of guanidine groups is 1. The van der Waals surface area contributed by atoms with Gasteiger partial charge in [0.05, 0.1) is 6.61 Å². The van der Waals surface area contributed by atoms with E-state index in [1.807, 2.05) is 12.1 Å². The van der Waals surface area contributed by atoms with Crippen molar-refractivity contribution in [2.24, 2.45) is 16.5 Å². The van der Waals surface area contributed by atoms with E-state index in [9.17, 15) is 10.2 Å². The van der Waals surface area contributed by atoms with Crippen molar-refractivity contribution in [3.63, 3.8) is 0 Å². The molecule has 6 nitrogen and oxygen atoms in total. The second-order valence-corrected chi connectivity index (χ2v) is 4.66. The Morgan fingerprint density at radius 3 is 2.70 bits per heavy atom. The Morgan fingerprint density at radius 2 is 2.05 bits per heavy atom. The summed E-state index contributed by atoms with van der Waals surface area (Å²) in [7, 11) is 0. The highest BCUT2D eigenvalue weighted by molar-refractivity contribution is 5.75. The van der Waals surface area contributed by atoms with Crippen LogP contribution in [0.1, 0.15) is 18.4 Å². The maximum atomic E-state index is 9.64. The minimum Gasteiger partial charge on any atom is -0.508 e. The van der Waals surface area contributed by atoms with Gasteiger partial charge in [-0.25, -0.2) is 0 Å². The lowest BCUT2D eigenvalue weighted by Gasteiger charge is -2.16. The number of phenols is 1. The summed E-state index contributed by atoms with van der Waals surface area (Å²) in [6.45, 7) is 1.34. The number of hydrogen-bond donors (Lipinski definition) is 5. The zero-order valence-electron chi connectivity index (χ0n) is 11.6. The predicted octanol–water partition coefficient (Wildman–Crippen LogP) is -0.0612. The van der Waals surface area contributed by atoms with Crippen LogP contribution in [0.25, 0.3) is 0 Å². The highest BCUT2D eigenvalue weighted by Gasteiger charge is 2.06. The number of nitrogens with one attached hydrogen (secondary N) is 1. The van der Waals surface area contributed by atoms with Crippen molar-refractivity contribution < 1.29 is 10.2 Å². The fourth-order valence-corrected chi connectivity index (χ4v) is 1.94. The van der Waals surface area contributed by atoms with Crippen LogP contribution in [0.3, 0.4) is 0 Å². The van der Waals surface area contributed by atoms with E-state index in [-0.39, 0.29) is 18.6 Å². The fourth-order valence-electron chi connectivity index (χ4n) is 1.94. The standard InChI is InChI=1S/C14H24N4O2/c15-14(16)18-8-3-5-12(10-19)17-9-7-11-4-1-2-6-13(11)20/h1-2,4,6,12,17,19-20H,3,5,7-10H2,(H4,15,16,18)/t12-/m0/s1. The highest BCUT2D eigenvalue weighted by Crippen LogP contribution is 2.15. The van der Waals surface area contributed by atoms with Crippen molar-refractivity contribution in [1.29, 1.82) is 0 Å². The van der Waals surface area contributed by atoms with Crippen molar-refractivity contribution in [2.45, 2.75) is 25.3 Å². The van der Waals surface area contributed by atoms with Crippen LogP contribution in [0.15, 0.2) is 29.3 Å². The Hall–Kier alpha value is -1.79. The van der Waals surface area contributed by atoms with Crippen LogP contribution in [-0.4, -0.2) is 41.9 Å². The number of aliphatic hydroxyl groups excluding tert-OH is 1. The molecule has 1 rings (SSSR count). The molecule has 0 bridgehead atoms. The summed E-state index contributed by atoms with van der Waals surface area (Å²) in [5, 5.41) is 22.2. The molecular formula is C14H24N4O2. The van der Waals surface area contributed by atoms with Crippen LogP contribution in [-0.2, 0) is 6.42 Å². The first kappa shape index (κ1) is 16.3. The molecule has 0 heterocycles. The lowest BCUT2D eigenvalue weighted by molar-refractivity contribution is 0.235. The topological polar surface area (TPSA) is 117 Å². The Labute approximate surface area is 119 Å². The van der Waals surface area contributed by atoms with Gasteiger partial charge in [-0.15, -0.1) is 0 Å². The maximum absolute atomic E-state index is 9.64. The minimum absolute atomic E-state index is 0.0232. The van der Waals surface area contributed by atoms with Gasteiger partial charge in [-0.05, 0) is 37.4 Å². The molecule has 0 saturated heterocycles. The normalized spacial score (nSPS) is 12.1. The molecule has 0 saturated carbocycles. The molecule has 6 heteroatoms. The quantitative estimate of drug-likeness (QED) is 0.247. The average molecular weight is 280 g/mol. The third-order valence-corrected chi connectivity index (χ3v) is 3.04. The third-order valence-electron chi connectivity index (χ3n) is 3.04. The predicted molar refractivity (Wildman–Crippen MR) is 80.6 cm³/mol. The van der Waals surface area contributed by atoms with E-state index in [4.69, 9.17) is 11.5 Å². The number of aliphatic hydroxyl groups is 1. The lowest BCUT2D eigenvalue weighted by Crippen LogP contribution is -2.34. The van der Waals surface area contributed by atoms with Crippen molar-refractivity contribution >= 4 is 5.96 Å². The molecule has 0 aliphatic carbocycles. The monoisotopic (exact) mass is 280 g/mol. The molecule has 1 aromatic carbocycles. The first-order valence-electron chi connectivity index (χ1n) is 6.80. The smallest absolute Gasteiger partial charge is 0.185 e. The lowest BCUT2D eigenvalue weighted by atomic mass is 10.1. The van der Waals surface area contributed by atoms with Gasteiger partial charge in [-0.2, -0.15) is 0 Å². The molecule has 1 atom stereocenters. The largest absolute Gasteiger partial charge is 0.508 e. The van der Waals surface area contributed by atoms with E-state index in [1.165, 1.54) is 0 Å². The summed E-state index contributed by atoms with van der Waals surface area (Å²) >= 11 is 0. The summed E-state index contributed by atoms with van der Waals surface area (Å²) in [6.07, 6.45) is 2.33. The Morgan fingerprint density at radius 1 is 1.30 bits per heavy atom. The van der Waals surface area contributed by atoms with Crippen molar-refractivity contribution in [2.75, 3.05) is 19.7 Å². The number of phenolic OH excluding ortho intramolecular Hbond substituents is 1. The number of benzene rings is 1. The van der Waals surface area contributed by atoms with E-state index in [0.717, 1.165) is 24.8 Å². The van der Waals surface area contributed by atoms with Crippen LogP contribution in [0.5, 0.6) is 5.75 Å². The van der Waals surface area contributed by atoms with Crippen LogP contribution >= 0.6 is 0 Å². The van der Waals surface area contributed by atoms with Gasteiger partial charge >= 0.3 is 0 Å². The second kappa shape index (κ2) is 9.17. The molecule has 20 heavy (non-hydrogen) atoms. The first-order chi connectivity index (χ1) is 9.63. The summed E-state index contributed by atoms with van der Waals surface area (Å²) in [4.78, 5) is 3.90. The maximum Gasteiger partial charge on any atom is 0.185 e. The number of nitrogens with two attached hydrogens (primary N) is 2. The molecule has 0 spiro atoms. The van der Waals surface area contributed by atoms with E-state index in [1.54, 1.807) is 12.1 Å². The molecule has 112 valence electrons. The number of aliphatic imine (C=N–C) groups is 1. The van der Waals surface area contributed by atoms with Gasteiger partial charge in [0.2, 0.25) is 0 Å². The molecule has 0 aliphatic rings. The van der Waals surface area contributed by atoms with E-state index in [0.29, 0.717) is 18.8 Å². The number of aromatic hydroxyl groups is 1. The first-order valence-corrected chi connectivity index (χ1v) is 6.80. The zero-order chi connectivity index (χ0) is 14.8. The summed E-state index contributed by atoms with van der Waals surface area (Å²) < 4.78 is 0. The highest BCUT2D eigenvalue weighted by atomic mass is 16.3. The molecule has 0 amide bonds. The van der Waals surface area contributed by atoms with Gasteiger partial charge in [0.25, 0.3) is 0 Å². The second-order valence-electron chi connectivity index (χ2n) is 4.66. The Bertz CT molecular complexity index is 419. The summed E-state index contributed by atoms with van der Waals surface area (Å²) in [5.41, 5.74) is 11.4. The molecule has 7 N–H and O–H groups in total. The van der Waals surface area contributed by atoms with Crippen LogP contribution < -0.4 is 16.8 Å². The van der Waals surface area contributed by atoms with Gasteiger partial charge < -0.3 is 27.0 Å². The molecule has 0 radical (unpaired) electrons. The average Bonchev–Trinajstić information content (AvgIpc) is 2.43. The van der Waals surface area contributed by atoms with Crippen molar-refractivity contribution in [3.05, 3.63) is 29.8 Å². The van der Waals surface area contributed by atoms with Gasteiger partial charge in [0, 0.05) is 12.6 Å². The molecule has 0 unspecified atom stereocenters. The van der Waals surface area contributed by atoms with Gasteiger partial charge in [0.15, 0.2) is 5.96 Å². The van der Waals surface area contributed by atoms with Crippen molar-refractivity contribution in [3.8, 4) is 5.75 Å². The molecule has 0 aliphatic heterocycles. The zero-order valence-corrected chi connectivity index (χ0v) is 11.6. The van der Waals surface area contributed by atoms with E-state index < -0.39 is 0 Å². The van der Waals surface area contributed by atoms with E-state index >= 15 is 0 Å². The summed E-state index contributed by atoms with van der Waals surface area (Å²) in [5.74, 6) is 0.403. The van der Waals surface area contributed by atoms with Crippen LogP contribution in [0, 0.1) is 0 Å². The van der Waals surface area contributed by atoms with Crippen LogP contribution in [0.4, 0.5) is 0 Å². The number of rotatable bonds is 9. The Kier molecular flexibility index (Phi) is 7.46. The molecular weight excluding hydrogens is 256 g/mol. The number of hydrogen-bond acceptors (Lipinski definition) is 4. The molecule has 1 aromatic rings. The summed E-state index contributed by atoms with van der Waals surface area (Å²) in [6, 6.07) is 7.29.